The number of halogens is 2. The molecule has 1 N–H and O–H groups in total. The molecule has 146 valence electrons. The molecule has 0 unspecified atom stereocenters. The SMILES string of the molecule is CCc1cccc(CC)c1N(CC(=O)Nc1ccc(F)c(F)c1)S(C)(=O)=O. The van der Waals surface area contributed by atoms with Gasteiger partial charge in [0.05, 0.1) is 11.9 Å². The predicted octanol–water partition coefficient (Wildman–Crippen LogP) is 3.49. The maximum absolute atomic E-state index is 13.3. The van der Waals surface area contributed by atoms with E-state index in [1.807, 2.05) is 32.0 Å². The van der Waals surface area contributed by atoms with E-state index >= 15 is 0 Å². The van der Waals surface area contributed by atoms with Gasteiger partial charge in [-0.25, -0.2) is 17.2 Å². The van der Waals surface area contributed by atoms with Crippen LogP contribution in [0.5, 0.6) is 0 Å². The molecular weight excluding hydrogens is 374 g/mol. The number of benzene rings is 2. The summed E-state index contributed by atoms with van der Waals surface area (Å²) in [6, 6.07) is 8.43. The van der Waals surface area contributed by atoms with E-state index in [0.29, 0.717) is 18.5 Å². The minimum atomic E-state index is -3.75. The summed E-state index contributed by atoms with van der Waals surface area (Å²) < 4.78 is 52.2. The summed E-state index contributed by atoms with van der Waals surface area (Å²) in [5, 5.41) is 2.41. The lowest BCUT2D eigenvalue weighted by molar-refractivity contribution is -0.114. The van der Waals surface area contributed by atoms with Gasteiger partial charge in [-0.15, -0.1) is 0 Å². The van der Waals surface area contributed by atoms with Gasteiger partial charge in [0.2, 0.25) is 15.9 Å². The number of hydrogen-bond donors (Lipinski definition) is 1. The van der Waals surface area contributed by atoms with Crippen LogP contribution >= 0.6 is 0 Å². The minimum absolute atomic E-state index is 0.0480. The number of aryl methyl sites for hydroxylation is 2. The number of amides is 1. The minimum Gasteiger partial charge on any atom is -0.324 e. The molecule has 0 bridgehead atoms. The first-order valence-corrected chi connectivity index (χ1v) is 10.4. The smallest absolute Gasteiger partial charge is 0.245 e. The van der Waals surface area contributed by atoms with Crippen molar-refractivity contribution in [2.24, 2.45) is 0 Å². The molecule has 0 aromatic heterocycles. The fraction of sp³-hybridized carbons (Fsp3) is 0.316. The molecule has 2 aromatic carbocycles. The number of anilines is 2. The Morgan fingerprint density at radius 2 is 1.63 bits per heavy atom. The van der Waals surface area contributed by atoms with E-state index in [-0.39, 0.29) is 5.69 Å². The molecule has 0 fully saturated rings. The molecule has 0 aliphatic heterocycles. The molecule has 0 radical (unpaired) electrons. The Hall–Kier alpha value is -2.48. The lowest BCUT2D eigenvalue weighted by Gasteiger charge is -2.26. The van der Waals surface area contributed by atoms with E-state index in [4.69, 9.17) is 0 Å². The monoisotopic (exact) mass is 396 g/mol. The molecule has 0 heterocycles. The number of sulfonamides is 1. The van der Waals surface area contributed by atoms with Crippen LogP contribution in [0.2, 0.25) is 0 Å². The number of nitrogens with zero attached hydrogens (tertiary/aromatic N) is 1. The van der Waals surface area contributed by atoms with Crippen molar-refractivity contribution in [3.8, 4) is 0 Å². The van der Waals surface area contributed by atoms with Crippen molar-refractivity contribution in [2.45, 2.75) is 26.7 Å². The maximum atomic E-state index is 13.3. The van der Waals surface area contributed by atoms with Gasteiger partial charge in [-0.3, -0.25) is 9.10 Å². The molecule has 0 saturated carbocycles. The number of nitrogens with one attached hydrogen (secondary N) is 1. The van der Waals surface area contributed by atoms with Crippen LogP contribution in [-0.2, 0) is 27.7 Å². The van der Waals surface area contributed by atoms with Crippen molar-refractivity contribution in [3.63, 3.8) is 0 Å². The van der Waals surface area contributed by atoms with Crippen molar-refractivity contribution < 1.29 is 22.0 Å². The van der Waals surface area contributed by atoms with Crippen molar-refractivity contribution in [1.29, 1.82) is 0 Å². The van der Waals surface area contributed by atoms with Crippen molar-refractivity contribution in [1.82, 2.24) is 0 Å². The van der Waals surface area contributed by atoms with E-state index in [2.05, 4.69) is 5.32 Å². The second kappa shape index (κ2) is 8.47. The molecule has 27 heavy (non-hydrogen) atoms. The maximum Gasteiger partial charge on any atom is 0.245 e. The summed E-state index contributed by atoms with van der Waals surface area (Å²) in [4.78, 5) is 12.4. The zero-order valence-corrected chi connectivity index (χ0v) is 16.2. The molecule has 0 aliphatic carbocycles. The summed E-state index contributed by atoms with van der Waals surface area (Å²) >= 11 is 0. The molecule has 2 aromatic rings. The predicted molar refractivity (Wildman–Crippen MR) is 102 cm³/mol. The number of rotatable bonds is 7. The summed E-state index contributed by atoms with van der Waals surface area (Å²) in [6.45, 7) is 3.34. The molecule has 0 saturated heterocycles. The number of hydrogen-bond acceptors (Lipinski definition) is 3. The zero-order valence-electron chi connectivity index (χ0n) is 15.4. The van der Waals surface area contributed by atoms with E-state index in [9.17, 15) is 22.0 Å². The summed E-state index contributed by atoms with van der Waals surface area (Å²) in [5.41, 5.74) is 2.15. The molecule has 8 heteroatoms. The Morgan fingerprint density at radius 1 is 1.04 bits per heavy atom. The quantitative estimate of drug-likeness (QED) is 0.779. The van der Waals surface area contributed by atoms with Gasteiger partial charge in [0, 0.05) is 11.8 Å². The van der Waals surface area contributed by atoms with Crippen molar-refractivity contribution in [3.05, 3.63) is 59.2 Å². The van der Waals surface area contributed by atoms with Gasteiger partial charge >= 0.3 is 0 Å². The van der Waals surface area contributed by atoms with Gasteiger partial charge in [0.25, 0.3) is 0 Å². The number of carbonyl (C=O) groups is 1. The lowest BCUT2D eigenvalue weighted by Crippen LogP contribution is -2.38. The normalized spacial score (nSPS) is 11.3. The first kappa shape index (κ1) is 20.8. The zero-order chi connectivity index (χ0) is 20.2. The molecule has 0 spiro atoms. The van der Waals surface area contributed by atoms with Gasteiger partial charge < -0.3 is 5.32 Å². The van der Waals surface area contributed by atoms with Crippen LogP contribution in [-0.4, -0.2) is 27.1 Å². The van der Waals surface area contributed by atoms with Gasteiger partial charge in [0.1, 0.15) is 6.54 Å². The van der Waals surface area contributed by atoms with Crippen LogP contribution in [0.3, 0.4) is 0 Å². The summed E-state index contributed by atoms with van der Waals surface area (Å²) in [6.07, 6.45) is 2.23. The van der Waals surface area contributed by atoms with E-state index in [1.54, 1.807) is 0 Å². The van der Waals surface area contributed by atoms with E-state index in [1.165, 1.54) is 6.07 Å². The molecule has 1 amide bonds. The molecular formula is C19H22F2N2O3S. The van der Waals surface area contributed by atoms with E-state index in [0.717, 1.165) is 33.8 Å². The van der Waals surface area contributed by atoms with Crippen molar-refractivity contribution >= 4 is 27.3 Å². The Morgan fingerprint density at radius 3 is 2.11 bits per heavy atom. The van der Waals surface area contributed by atoms with Crippen LogP contribution in [0.15, 0.2) is 36.4 Å². The van der Waals surface area contributed by atoms with Gasteiger partial charge in [0.15, 0.2) is 11.6 Å². The van der Waals surface area contributed by atoms with Crippen molar-refractivity contribution in [2.75, 3.05) is 22.4 Å². The third-order valence-corrected chi connectivity index (χ3v) is 5.22. The van der Waals surface area contributed by atoms with Gasteiger partial charge in [-0.2, -0.15) is 0 Å². The van der Waals surface area contributed by atoms with Crippen LogP contribution in [0.25, 0.3) is 0 Å². The van der Waals surface area contributed by atoms with Crippen LogP contribution in [0, 0.1) is 11.6 Å². The Bertz CT molecular complexity index is 924. The third-order valence-electron chi connectivity index (χ3n) is 4.11. The fourth-order valence-corrected chi connectivity index (χ4v) is 3.72. The van der Waals surface area contributed by atoms with E-state index < -0.39 is 34.1 Å². The first-order chi connectivity index (χ1) is 12.7. The van der Waals surface area contributed by atoms with Gasteiger partial charge in [-0.1, -0.05) is 32.0 Å². The first-order valence-electron chi connectivity index (χ1n) is 8.50. The highest BCUT2D eigenvalue weighted by Gasteiger charge is 2.25. The second-order valence-electron chi connectivity index (χ2n) is 6.08. The fourth-order valence-electron chi connectivity index (χ4n) is 2.80. The molecule has 0 aliphatic rings. The lowest BCUT2D eigenvalue weighted by atomic mass is 10.0. The topological polar surface area (TPSA) is 66.5 Å². The van der Waals surface area contributed by atoms with Gasteiger partial charge in [-0.05, 0) is 36.1 Å². The number of carbonyl (C=O) groups excluding carboxylic acids is 1. The highest BCUT2D eigenvalue weighted by atomic mass is 32.2. The van der Waals surface area contributed by atoms with Crippen LogP contribution in [0.4, 0.5) is 20.2 Å². The average Bonchev–Trinajstić information content (AvgIpc) is 2.61. The van der Waals surface area contributed by atoms with Crippen LogP contribution < -0.4 is 9.62 Å². The largest absolute Gasteiger partial charge is 0.324 e. The van der Waals surface area contributed by atoms with Crippen LogP contribution in [0.1, 0.15) is 25.0 Å². The molecule has 0 atom stereocenters. The Labute approximate surface area is 158 Å². The summed E-state index contributed by atoms with van der Waals surface area (Å²) in [7, 11) is -3.75. The number of para-hydroxylation sites is 1. The average molecular weight is 396 g/mol. The standard InChI is InChI=1S/C19H22F2N2O3S/c1-4-13-7-6-8-14(5-2)19(13)23(27(3,25)26)12-18(24)22-15-9-10-16(20)17(21)11-15/h6-11H,4-5,12H2,1-3H3,(H,22,24). The second-order valence-corrected chi connectivity index (χ2v) is 7.99. The Kier molecular flexibility index (Phi) is 6.54. The Balaban J connectivity index is 2.36. The summed E-state index contributed by atoms with van der Waals surface area (Å²) in [5.74, 6) is -2.79. The highest BCUT2D eigenvalue weighted by molar-refractivity contribution is 7.92. The highest BCUT2D eigenvalue weighted by Crippen LogP contribution is 2.29. The molecule has 2 rings (SSSR count). The molecule has 5 nitrogen and oxygen atoms in total. The third kappa shape index (κ3) is 5.03.